The van der Waals surface area contributed by atoms with E-state index in [0.717, 1.165) is 16.7 Å². The van der Waals surface area contributed by atoms with Gasteiger partial charge in [-0.25, -0.2) is 8.42 Å². The molecule has 5 rings (SSSR count). The summed E-state index contributed by atoms with van der Waals surface area (Å²) in [6.07, 6.45) is 0. The standard InChI is InChI=1S/C36H39N3O7S/c1-27-8-10-28(11-9-27)24-37-36(41)35(30-6-4-3-5-7-30)39(25-29-12-14-31(44-2)15-13-29)34(40)26-46-32-16-18-33(19-17-32)47(42,43)38-20-22-45-23-21-38/h3-19,35H,20-26H2,1-2H3,(H,37,41). The first kappa shape index (κ1) is 33.6. The highest BCUT2D eigenvalue weighted by atomic mass is 32.2. The van der Waals surface area contributed by atoms with Gasteiger partial charge in [-0.15, -0.1) is 0 Å². The van der Waals surface area contributed by atoms with E-state index >= 15 is 0 Å². The van der Waals surface area contributed by atoms with Gasteiger partial charge in [-0.2, -0.15) is 4.31 Å². The average Bonchev–Trinajstić information content (AvgIpc) is 3.11. The molecule has 0 saturated carbocycles. The van der Waals surface area contributed by atoms with E-state index < -0.39 is 22.0 Å². The Hall–Kier alpha value is -4.71. The largest absolute Gasteiger partial charge is 0.497 e. The summed E-state index contributed by atoms with van der Waals surface area (Å²) in [4.78, 5) is 29.5. The summed E-state index contributed by atoms with van der Waals surface area (Å²) >= 11 is 0. The molecule has 1 aliphatic heterocycles. The van der Waals surface area contributed by atoms with Gasteiger partial charge in [-0.1, -0.05) is 72.3 Å². The van der Waals surface area contributed by atoms with Gasteiger partial charge in [0.2, 0.25) is 15.9 Å². The Morgan fingerprint density at radius 3 is 2.11 bits per heavy atom. The molecule has 4 aromatic rings. The molecule has 0 spiro atoms. The number of amides is 2. The number of ether oxygens (including phenoxy) is 3. The molecule has 1 heterocycles. The molecule has 11 heteroatoms. The molecule has 2 amide bonds. The minimum Gasteiger partial charge on any atom is -0.497 e. The topological polar surface area (TPSA) is 114 Å². The van der Waals surface area contributed by atoms with Crippen molar-refractivity contribution >= 4 is 21.8 Å². The Kier molecular flexibility index (Phi) is 11.3. The van der Waals surface area contributed by atoms with Crippen LogP contribution >= 0.6 is 0 Å². The summed E-state index contributed by atoms with van der Waals surface area (Å²) < 4.78 is 43.9. The second-order valence-corrected chi connectivity index (χ2v) is 13.1. The number of benzene rings is 4. The molecule has 1 aliphatic rings. The van der Waals surface area contributed by atoms with E-state index in [4.69, 9.17) is 14.2 Å². The predicted octanol–water partition coefficient (Wildman–Crippen LogP) is 4.49. The van der Waals surface area contributed by atoms with E-state index in [-0.39, 0.29) is 24.0 Å². The first-order valence-electron chi connectivity index (χ1n) is 15.4. The minimum absolute atomic E-state index is 0.125. The second-order valence-electron chi connectivity index (χ2n) is 11.2. The Morgan fingerprint density at radius 2 is 1.47 bits per heavy atom. The molecular weight excluding hydrogens is 618 g/mol. The number of rotatable bonds is 13. The smallest absolute Gasteiger partial charge is 0.261 e. The second kappa shape index (κ2) is 15.7. The van der Waals surface area contributed by atoms with Crippen molar-refractivity contribution < 1.29 is 32.2 Å². The van der Waals surface area contributed by atoms with Crippen molar-refractivity contribution in [1.29, 1.82) is 0 Å². The summed E-state index contributed by atoms with van der Waals surface area (Å²) in [6.45, 7) is 3.33. The van der Waals surface area contributed by atoms with E-state index in [1.165, 1.54) is 33.5 Å². The zero-order valence-electron chi connectivity index (χ0n) is 26.5. The first-order valence-corrected chi connectivity index (χ1v) is 16.8. The number of morpholine rings is 1. The summed E-state index contributed by atoms with van der Waals surface area (Å²) in [5, 5.41) is 3.02. The fourth-order valence-corrected chi connectivity index (χ4v) is 6.63. The van der Waals surface area contributed by atoms with Gasteiger partial charge < -0.3 is 24.4 Å². The van der Waals surface area contributed by atoms with Crippen LogP contribution in [0.5, 0.6) is 11.5 Å². The van der Waals surface area contributed by atoms with Crippen LogP contribution in [-0.2, 0) is 37.4 Å². The van der Waals surface area contributed by atoms with Gasteiger partial charge in [0, 0.05) is 26.2 Å². The maximum absolute atomic E-state index is 14.0. The Balaban J connectivity index is 1.37. The minimum atomic E-state index is -3.67. The van der Waals surface area contributed by atoms with E-state index in [0.29, 0.717) is 49.9 Å². The molecule has 0 radical (unpaired) electrons. The summed E-state index contributed by atoms with van der Waals surface area (Å²) in [6, 6.07) is 29.3. The highest BCUT2D eigenvalue weighted by molar-refractivity contribution is 7.89. The van der Waals surface area contributed by atoms with Crippen molar-refractivity contribution in [3.8, 4) is 11.5 Å². The molecule has 1 fully saturated rings. The fourth-order valence-electron chi connectivity index (χ4n) is 5.22. The molecular formula is C36H39N3O7S. The molecule has 10 nitrogen and oxygen atoms in total. The zero-order valence-corrected chi connectivity index (χ0v) is 27.3. The van der Waals surface area contributed by atoms with E-state index in [2.05, 4.69) is 5.32 Å². The quantitative estimate of drug-likeness (QED) is 0.225. The first-order chi connectivity index (χ1) is 22.7. The highest BCUT2D eigenvalue weighted by Gasteiger charge is 2.32. The third kappa shape index (κ3) is 8.76. The summed E-state index contributed by atoms with van der Waals surface area (Å²) in [5.41, 5.74) is 3.50. The summed E-state index contributed by atoms with van der Waals surface area (Å²) in [5.74, 6) is 0.231. The number of nitrogens with one attached hydrogen (secondary N) is 1. The molecule has 1 N–H and O–H groups in total. The number of carbonyl (C=O) groups excluding carboxylic acids is 2. The lowest BCUT2D eigenvalue weighted by Gasteiger charge is -2.31. The van der Waals surface area contributed by atoms with Gasteiger partial charge in [0.05, 0.1) is 25.2 Å². The number of aryl methyl sites for hydroxylation is 1. The monoisotopic (exact) mass is 657 g/mol. The molecule has 1 unspecified atom stereocenters. The third-order valence-electron chi connectivity index (χ3n) is 7.89. The lowest BCUT2D eigenvalue weighted by atomic mass is 10.0. The van der Waals surface area contributed by atoms with E-state index in [1.807, 2.05) is 73.7 Å². The molecule has 246 valence electrons. The third-order valence-corrected chi connectivity index (χ3v) is 9.80. The highest BCUT2D eigenvalue weighted by Crippen LogP contribution is 2.26. The van der Waals surface area contributed by atoms with Crippen molar-refractivity contribution in [3.05, 3.63) is 125 Å². The van der Waals surface area contributed by atoms with Gasteiger partial charge in [-0.05, 0) is 60.0 Å². The van der Waals surface area contributed by atoms with Crippen molar-refractivity contribution in [3.63, 3.8) is 0 Å². The predicted molar refractivity (Wildman–Crippen MR) is 177 cm³/mol. The van der Waals surface area contributed by atoms with Crippen LogP contribution in [0, 0.1) is 6.92 Å². The zero-order chi connectivity index (χ0) is 33.2. The Labute approximate surface area is 275 Å². The molecule has 0 aromatic heterocycles. The van der Waals surface area contributed by atoms with Crippen molar-refractivity contribution in [2.45, 2.75) is 31.0 Å². The van der Waals surface area contributed by atoms with Gasteiger partial charge >= 0.3 is 0 Å². The van der Waals surface area contributed by atoms with Gasteiger partial charge in [-0.3, -0.25) is 9.59 Å². The molecule has 4 aromatic carbocycles. The van der Waals surface area contributed by atoms with Crippen LogP contribution in [0.1, 0.15) is 28.3 Å². The number of carbonyl (C=O) groups is 2. The van der Waals surface area contributed by atoms with Crippen molar-refractivity contribution in [2.24, 2.45) is 0 Å². The number of sulfonamides is 1. The SMILES string of the molecule is COc1ccc(CN(C(=O)COc2ccc(S(=O)(=O)N3CCOCC3)cc2)C(C(=O)NCc2ccc(C)cc2)c2ccccc2)cc1. The number of nitrogens with zero attached hydrogens (tertiary/aromatic N) is 2. The Morgan fingerprint density at radius 1 is 0.851 bits per heavy atom. The van der Waals surface area contributed by atoms with Crippen LogP contribution in [0.25, 0.3) is 0 Å². The normalized spacial score (nSPS) is 14.2. The van der Waals surface area contributed by atoms with Gasteiger partial charge in [0.15, 0.2) is 6.61 Å². The van der Waals surface area contributed by atoms with Crippen LogP contribution in [-0.4, -0.2) is 69.5 Å². The lowest BCUT2D eigenvalue weighted by molar-refractivity contribution is -0.143. The van der Waals surface area contributed by atoms with Crippen molar-refractivity contribution in [2.75, 3.05) is 40.0 Å². The molecule has 1 atom stereocenters. The lowest BCUT2D eigenvalue weighted by Crippen LogP contribution is -2.45. The van der Waals surface area contributed by atoms with Crippen LogP contribution in [0.4, 0.5) is 0 Å². The molecule has 47 heavy (non-hydrogen) atoms. The molecule has 1 saturated heterocycles. The van der Waals surface area contributed by atoms with Crippen LogP contribution in [0.3, 0.4) is 0 Å². The van der Waals surface area contributed by atoms with E-state index in [1.54, 1.807) is 19.2 Å². The number of methoxy groups -OCH3 is 1. The van der Waals surface area contributed by atoms with Crippen molar-refractivity contribution in [1.82, 2.24) is 14.5 Å². The Bertz CT molecular complexity index is 1720. The number of hydrogen-bond donors (Lipinski definition) is 1. The van der Waals surface area contributed by atoms with E-state index in [9.17, 15) is 18.0 Å². The maximum Gasteiger partial charge on any atom is 0.261 e. The maximum atomic E-state index is 14.0. The van der Waals surface area contributed by atoms with Crippen LogP contribution in [0.15, 0.2) is 108 Å². The van der Waals surface area contributed by atoms with Crippen LogP contribution < -0.4 is 14.8 Å². The summed E-state index contributed by atoms with van der Waals surface area (Å²) in [7, 11) is -2.09. The molecule has 0 aliphatic carbocycles. The fraction of sp³-hybridized carbons (Fsp3) is 0.278. The van der Waals surface area contributed by atoms with Gasteiger partial charge in [0.25, 0.3) is 5.91 Å². The average molecular weight is 658 g/mol. The molecule has 0 bridgehead atoms. The number of hydrogen-bond acceptors (Lipinski definition) is 7. The van der Waals surface area contributed by atoms with Crippen LogP contribution in [0.2, 0.25) is 0 Å². The van der Waals surface area contributed by atoms with Gasteiger partial charge in [0.1, 0.15) is 17.5 Å².